The molecule has 28 heavy (non-hydrogen) atoms. The van der Waals surface area contributed by atoms with Crippen molar-refractivity contribution in [2.24, 2.45) is 5.73 Å². The van der Waals surface area contributed by atoms with Gasteiger partial charge in [0.25, 0.3) is 0 Å². The Labute approximate surface area is 175 Å². The Kier molecular flexibility index (Phi) is 8.00. The molecule has 0 saturated heterocycles. The Hall–Kier alpha value is -1.93. The SMILES string of the molecule is CCc1nc(OC(CC)CC)c(CN)nc1-c1cnc(N(C)C)c(Br)c1OC. The number of rotatable bonds is 9. The van der Waals surface area contributed by atoms with Crippen LogP contribution < -0.4 is 20.1 Å². The lowest BCUT2D eigenvalue weighted by atomic mass is 10.1. The van der Waals surface area contributed by atoms with E-state index in [1.807, 2.05) is 25.9 Å². The van der Waals surface area contributed by atoms with E-state index in [0.29, 0.717) is 23.7 Å². The van der Waals surface area contributed by atoms with Crippen LogP contribution in [0.4, 0.5) is 5.82 Å². The molecule has 0 bridgehead atoms. The number of pyridine rings is 1. The first-order chi connectivity index (χ1) is 13.4. The average molecular weight is 452 g/mol. The van der Waals surface area contributed by atoms with Crippen molar-refractivity contribution in [1.82, 2.24) is 15.0 Å². The van der Waals surface area contributed by atoms with Crippen molar-refractivity contribution < 1.29 is 9.47 Å². The van der Waals surface area contributed by atoms with Crippen LogP contribution in [-0.4, -0.2) is 42.3 Å². The molecule has 0 fully saturated rings. The minimum absolute atomic E-state index is 0.0971. The Bertz CT molecular complexity index is 810. The van der Waals surface area contributed by atoms with E-state index in [0.717, 1.165) is 40.1 Å². The number of aromatic nitrogens is 3. The predicted octanol–water partition coefficient (Wildman–Crippen LogP) is 3.96. The third-order valence-electron chi connectivity index (χ3n) is 4.56. The molecule has 8 heteroatoms. The van der Waals surface area contributed by atoms with Gasteiger partial charge in [-0.15, -0.1) is 0 Å². The second kappa shape index (κ2) is 10.0. The summed E-state index contributed by atoms with van der Waals surface area (Å²) < 4.78 is 12.5. The van der Waals surface area contributed by atoms with Gasteiger partial charge < -0.3 is 20.1 Å². The lowest BCUT2D eigenvalue weighted by molar-refractivity contribution is 0.181. The number of nitrogens with zero attached hydrogens (tertiary/aromatic N) is 4. The smallest absolute Gasteiger partial charge is 0.237 e. The number of hydrogen-bond acceptors (Lipinski definition) is 7. The fourth-order valence-electron chi connectivity index (χ4n) is 2.93. The van der Waals surface area contributed by atoms with E-state index in [-0.39, 0.29) is 12.6 Å². The quantitative estimate of drug-likeness (QED) is 0.616. The number of aryl methyl sites for hydroxylation is 1. The van der Waals surface area contributed by atoms with E-state index in [2.05, 4.69) is 34.8 Å². The van der Waals surface area contributed by atoms with E-state index < -0.39 is 0 Å². The van der Waals surface area contributed by atoms with Crippen LogP contribution in [-0.2, 0) is 13.0 Å². The standard InChI is InChI=1S/C20H30BrN5O2/c1-7-12(8-2)28-20-15(10-22)24-17(14(9-3)25-20)13-11-23-19(26(4)5)16(21)18(13)27-6/h11-12H,7-10,22H2,1-6H3. The lowest BCUT2D eigenvalue weighted by Crippen LogP contribution is -2.18. The highest BCUT2D eigenvalue weighted by molar-refractivity contribution is 9.10. The van der Waals surface area contributed by atoms with Crippen LogP contribution in [0.15, 0.2) is 10.7 Å². The van der Waals surface area contributed by atoms with Gasteiger partial charge in [0, 0.05) is 26.8 Å². The molecule has 0 amide bonds. The van der Waals surface area contributed by atoms with Gasteiger partial charge in [-0.25, -0.2) is 15.0 Å². The molecule has 0 spiro atoms. The van der Waals surface area contributed by atoms with Crippen molar-refractivity contribution in [2.75, 3.05) is 26.1 Å². The highest BCUT2D eigenvalue weighted by atomic mass is 79.9. The Balaban J connectivity index is 2.64. The first-order valence-corrected chi connectivity index (χ1v) is 10.4. The second-order valence-corrected chi connectivity index (χ2v) is 7.41. The van der Waals surface area contributed by atoms with Crippen LogP contribution in [0, 0.1) is 0 Å². The second-order valence-electron chi connectivity index (χ2n) is 6.62. The van der Waals surface area contributed by atoms with Crippen molar-refractivity contribution in [2.45, 2.75) is 52.7 Å². The van der Waals surface area contributed by atoms with Gasteiger partial charge in [0.05, 0.1) is 30.2 Å². The Morgan fingerprint density at radius 2 is 1.82 bits per heavy atom. The van der Waals surface area contributed by atoms with Crippen molar-refractivity contribution in [3.63, 3.8) is 0 Å². The molecule has 2 aromatic rings. The number of ether oxygens (including phenoxy) is 2. The number of anilines is 1. The molecule has 0 radical (unpaired) electrons. The fraction of sp³-hybridized carbons (Fsp3) is 0.550. The van der Waals surface area contributed by atoms with E-state index in [1.165, 1.54) is 0 Å². The molecule has 0 aliphatic carbocycles. The van der Waals surface area contributed by atoms with Crippen molar-refractivity contribution in [3.05, 3.63) is 22.1 Å². The molecular weight excluding hydrogens is 422 g/mol. The zero-order valence-corrected chi connectivity index (χ0v) is 19.1. The number of methoxy groups -OCH3 is 1. The first kappa shape index (κ1) is 22.4. The van der Waals surface area contributed by atoms with E-state index in [1.54, 1.807) is 13.3 Å². The van der Waals surface area contributed by atoms with E-state index in [4.69, 9.17) is 25.2 Å². The van der Waals surface area contributed by atoms with Crippen LogP contribution in [0.2, 0.25) is 0 Å². The fourth-order valence-corrected chi connectivity index (χ4v) is 3.76. The summed E-state index contributed by atoms with van der Waals surface area (Å²) in [6.07, 6.45) is 4.37. The van der Waals surface area contributed by atoms with Gasteiger partial charge in [-0.05, 0) is 35.2 Å². The summed E-state index contributed by atoms with van der Waals surface area (Å²) in [6, 6.07) is 0. The van der Waals surface area contributed by atoms with Gasteiger partial charge in [-0.2, -0.15) is 0 Å². The topological polar surface area (TPSA) is 86.4 Å². The van der Waals surface area contributed by atoms with Crippen molar-refractivity contribution in [3.8, 4) is 22.9 Å². The van der Waals surface area contributed by atoms with Crippen LogP contribution in [0.3, 0.4) is 0 Å². The molecule has 2 rings (SSSR count). The van der Waals surface area contributed by atoms with Crippen LogP contribution in [0.25, 0.3) is 11.3 Å². The van der Waals surface area contributed by atoms with Crippen LogP contribution in [0.1, 0.15) is 45.0 Å². The van der Waals surface area contributed by atoms with Gasteiger partial charge in [0.1, 0.15) is 21.7 Å². The summed E-state index contributed by atoms with van der Waals surface area (Å²) in [4.78, 5) is 16.1. The van der Waals surface area contributed by atoms with E-state index >= 15 is 0 Å². The summed E-state index contributed by atoms with van der Waals surface area (Å²) in [5.74, 6) is 1.96. The van der Waals surface area contributed by atoms with Crippen LogP contribution >= 0.6 is 15.9 Å². The molecule has 0 aliphatic heterocycles. The maximum Gasteiger partial charge on any atom is 0.237 e. The third kappa shape index (κ3) is 4.55. The molecule has 0 atom stereocenters. The average Bonchev–Trinajstić information content (AvgIpc) is 2.70. The summed E-state index contributed by atoms with van der Waals surface area (Å²) in [5, 5.41) is 0. The van der Waals surface area contributed by atoms with Crippen molar-refractivity contribution in [1.29, 1.82) is 0 Å². The number of hydrogen-bond donors (Lipinski definition) is 1. The monoisotopic (exact) mass is 451 g/mol. The maximum atomic E-state index is 6.08. The Morgan fingerprint density at radius 1 is 1.14 bits per heavy atom. The van der Waals surface area contributed by atoms with E-state index in [9.17, 15) is 0 Å². The molecule has 0 saturated carbocycles. The van der Waals surface area contributed by atoms with Gasteiger partial charge in [0.2, 0.25) is 5.88 Å². The predicted molar refractivity (Wildman–Crippen MR) is 116 cm³/mol. The van der Waals surface area contributed by atoms with Gasteiger partial charge in [-0.1, -0.05) is 20.8 Å². The molecule has 2 N–H and O–H groups in total. The number of nitrogens with two attached hydrogens (primary N) is 1. The molecule has 0 unspecified atom stereocenters. The Morgan fingerprint density at radius 3 is 2.32 bits per heavy atom. The molecule has 154 valence electrons. The van der Waals surface area contributed by atoms with Crippen molar-refractivity contribution >= 4 is 21.7 Å². The zero-order valence-electron chi connectivity index (χ0n) is 17.5. The molecule has 2 aromatic heterocycles. The van der Waals surface area contributed by atoms with Crippen LogP contribution in [0.5, 0.6) is 11.6 Å². The largest absolute Gasteiger partial charge is 0.495 e. The molecular formula is C20H30BrN5O2. The van der Waals surface area contributed by atoms with Gasteiger partial charge in [0.15, 0.2) is 0 Å². The molecule has 0 aliphatic rings. The summed E-state index contributed by atoms with van der Waals surface area (Å²) >= 11 is 3.61. The number of halogens is 1. The molecule has 7 nitrogen and oxygen atoms in total. The summed E-state index contributed by atoms with van der Waals surface area (Å²) in [6.45, 7) is 6.48. The normalized spacial score (nSPS) is 11.0. The van der Waals surface area contributed by atoms with Gasteiger partial charge in [-0.3, -0.25) is 0 Å². The zero-order chi connectivity index (χ0) is 20.8. The highest BCUT2D eigenvalue weighted by Gasteiger charge is 2.22. The minimum Gasteiger partial charge on any atom is -0.495 e. The first-order valence-electron chi connectivity index (χ1n) is 9.58. The summed E-state index contributed by atoms with van der Waals surface area (Å²) in [7, 11) is 5.50. The molecule has 2 heterocycles. The highest BCUT2D eigenvalue weighted by Crippen LogP contribution is 2.41. The van der Waals surface area contributed by atoms with Gasteiger partial charge >= 0.3 is 0 Å². The third-order valence-corrected chi connectivity index (χ3v) is 5.27. The minimum atomic E-state index is 0.0971. The maximum absolute atomic E-state index is 6.08. The molecule has 0 aromatic carbocycles. The summed E-state index contributed by atoms with van der Waals surface area (Å²) in [5.41, 5.74) is 8.91. The lowest BCUT2D eigenvalue weighted by Gasteiger charge is -2.21.